The third-order valence-electron chi connectivity index (χ3n) is 2.41. The minimum atomic E-state index is -3.74. The van der Waals surface area contributed by atoms with E-state index in [1.807, 2.05) is 6.92 Å². The highest BCUT2D eigenvalue weighted by molar-refractivity contribution is 7.89. The lowest BCUT2D eigenvalue weighted by molar-refractivity contribution is -0.120. The molecule has 0 radical (unpaired) electrons. The minimum Gasteiger partial charge on any atom is -0.358 e. The number of pyridine rings is 1. The second-order valence-electron chi connectivity index (χ2n) is 3.83. The molecule has 19 heavy (non-hydrogen) atoms. The molecule has 0 aliphatic carbocycles. The molecule has 0 aromatic carbocycles. The van der Waals surface area contributed by atoms with Gasteiger partial charge in [-0.2, -0.15) is 4.31 Å². The molecule has 8 heteroatoms. The summed E-state index contributed by atoms with van der Waals surface area (Å²) >= 11 is 5.69. The van der Waals surface area contributed by atoms with Crippen LogP contribution in [0, 0.1) is 0 Å². The molecule has 6 nitrogen and oxygen atoms in total. The van der Waals surface area contributed by atoms with Crippen LogP contribution in [0.2, 0.25) is 5.15 Å². The number of halogens is 1. The van der Waals surface area contributed by atoms with Gasteiger partial charge in [-0.15, -0.1) is 0 Å². The van der Waals surface area contributed by atoms with Crippen molar-refractivity contribution in [2.75, 3.05) is 20.1 Å². The lowest BCUT2D eigenvalue weighted by atomic mass is 10.4. The molecule has 0 saturated carbocycles. The van der Waals surface area contributed by atoms with Crippen molar-refractivity contribution in [3.05, 3.63) is 23.5 Å². The standard InChI is InChI=1S/C11H16ClN3O3S/c1-3-6-15(8-11(16)13-2)19(17,18)9-4-5-14-10(12)7-9/h4-5,7H,3,6,8H2,1-2H3,(H,13,16). The Labute approximate surface area is 117 Å². The zero-order valence-electron chi connectivity index (χ0n) is 10.8. The molecule has 0 atom stereocenters. The molecular formula is C11H16ClN3O3S. The summed E-state index contributed by atoms with van der Waals surface area (Å²) in [6, 6.07) is 2.62. The normalized spacial score (nSPS) is 11.6. The number of rotatable bonds is 6. The maximum absolute atomic E-state index is 12.4. The first-order valence-corrected chi connectivity index (χ1v) is 7.56. The predicted molar refractivity (Wildman–Crippen MR) is 72.4 cm³/mol. The highest BCUT2D eigenvalue weighted by atomic mass is 35.5. The van der Waals surface area contributed by atoms with Gasteiger partial charge in [-0.3, -0.25) is 4.79 Å². The summed E-state index contributed by atoms with van der Waals surface area (Å²) in [5.74, 6) is -0.364. The Kier molecular flexibility index (Phi) is 5.71. The van der Waals surface area contributed by atoms with Gasteiger partial charge in [0.15, 0.2) is 0 Å². The number of aromatic nitrogens is 1. The fraction of sp³-hybridized carbons (Fsp3) is 0.455. The van der Waals surface area contributed by atoms with Crippen LogP contribution in [0.5, 0.6) is 0 Å². The molecule has 1 aromatic heterocycles. The SMILES string of the molecule is CCCN(CC(=O)NC)S(=O)(=O)c1ccnc(Cl)c1. The van der Waals surface area contributed by atoms with Gasteiger partial charge in [0.2, 0.25) is 15.9 Å². The van der Waals surface area contributed by atoms with Crippen LogP contribution in [0.25, 0.3) is 0 Å². The summed E-state index contributed by atoms with van der Waals surface area (Å²) in [4.78, 5) is 15.2. The number of likely N-dealkylation sites (N-methyl/N-ethyl adjacent to an activating group) is 1. The van der Waals surface area contributed by atoms with Crippen molar-refractivity contribution >= 4 is 27.5 Å². The molecule has 1 heterocycles. The summed E-state index contributed by atoms with van der Waals surface area (Å²) in [5.41, 5.74) is 0. The largest absolute Gasteiger partial charge is 0.358 e. The van der Waals surface area contributed by atoms with Crippen molar-refractivity contribution in [1.82, 2.24) is 14.6 Å². The molecule has 0 bridgehead atoms. The van der Waals surface area contributed by atoms with Crippen molar-refractivity contribution in [2.24, 2.45) is 0 Å². The van der Waals surface area contributed by atoms with Gasteiger partial charge in [0, 0.05) is 19.8 Å². The number of hydrogen-bond acceptors (Lipinski definition) is 4. The molecule has 0 aliphatic heterocycles. The van der Waals surface area contributed by atoms with E-state index in [0.29, 0.717) is 6.42 Å². The summed E-state index contributed by atoms with van der Waals surface area (Å²) in [5, 5.41) is 2.50. The third kappa shape index (κ3) is 4.15. The summed E-state index contributed by atoms with van der Waals surface area (Å²) in [6.45, 7) is 1.88. The maximum atomic E-state index is 12.4. The van der Waals surface area contributed by atoms with Gasteiger partial charge in [-0.1, -0.05) is 18.5 Å². The highest BCUT2D eigenvalue weighted by Gasteiger charge is 2.25. The van der Waals surface area contributed by atoms with Crippen LogP contribution in [-0.4, -0.2) is 43.8 Å². The lowest BCUT2D eigenvalue weighted by Crippen LogP contribution is -2.40. The van der Waals surface area contributed by atoms with Crippen molar-refractivity contribution in [2.45, 2.75) is 18.2 Å². The Balaban J connectivity index is 3.09. The van der Waals surface area contributed by atoms with Crippen LogP contribution < -0.4 is 5.32 Å². The fourth-order valence-corrected chi connectivity index (χ4v) is 3.21. The molecule has 1 amide bonds. The fourth-order valence-electron chi connectivity index (χ4n) is 1.47. The van der Waals surface area contributed by atoms with Crippen molar-refractivity contribution < 1.29 is 13.2 Å². The Morgan fingerprint density at radius 1 is 1.53 bits per heavy atom. The molecule has 1 N–H and O–H groups in total. The van der Waals surface area contributed by atoms with E-state index in [1.54, 1.807) is 0 Å². The summed E-state index contributed by atoms with van der Waals surface area (Å²) in [6.07, 6.45) is 1.92. The molecule has 0 saturated heterocycles. The number of nitrogens with one attached hydrogen (secondary N) is 1. The van der Waals surface area contributed by atoms with Crippen LogP contribution >= 0.6 is 11.6 Å². The molecule has 1 aromatic rings. The van der Waals surface area contributed by atoms with E-state index in [1.165, 1.54) is 25.4 Å². The van der Waals surface area contributed by atoms with Crippen LogP contribution in [0.3, 0.4) is 0 Å². The Hall–Kier alpha value is -1.18. The van der Waals surface area contributed by atoms with Crippen LogP contribution in [0.4, 0.5) is 0 Å². The topological polar surface area (TPSA) is 79.4 Å². The Bertz CT molecular complexity index is 548. The molecule has 0 fully saturated rings. The van der Waals surface area contributed by atoms with Crippen LogP contribution in [-0.2, 0) is 14.8 Å². The van der Waals surface area contributed by atoms with E-state index < -0.39 is 10.0 Å². The predicted octanol–water partition coefficient (Wildman–Crippen LogP) is 0.882. The summed E-state index contributed by atoms with van der Waals surface area (Å²) in [7, 11) is -2.28. The van der Waals surface area contributed by atoms with E-state index in [2.05, 4.69) is 10.3 Å². The average molecular weight is 306 g/mol. The van der Waals surface area contributed by atoms with Crippen molar-refractivity contribution in [3.8, 4) is 0 Å². The van der Waals surface area contributed by atoms with Gasteiger partial charge in [0.25, 0.3) is 0 Å². The van der Waals surface area contributed by atoms with E-state index in [-0.39, 0.29) is 29.0 Å². The number of carbonyl (C=O) groups is 1. The number of sulfonamides is 1. The van der Waals surface area contributed by atoms with Crippen molar-refractivity contribution in [3.63, 3.8) is 0 Å². The van der Waals surface area contributed by atoms with Gasteiger partial charge in [0.1, 0.15) is 5.15 Å². The molecule has 0 spiro atoms. The first kappa shape index (κ1) is 15.9. The highest BCUT2D eigenvalue weighted by Crippen LogP contribution is 2.18. The lowest BCUT2D eigenvalue weighted by Gasteiger charge is -2.20. The third-order valence-corrected chi connectivity index (χ3v) is 4.46. The molecular weight excluding hydrogens is 290 g/mol. The first-order valence-electron chi connectivity index (χ1n) is 5.74. The Morgan fingerprint density at radius 3 is 2.74 bits per heavy atom. The number of hydrogen-bond donors (Lipinski definition) is 1. The van der Waals surface area contributed by atoms with Crippen LogP contribution in [0.15, 0.2) is 23.2 Å². The second kappa shape index (κ2) is 6.83. The van der Waals surface area contributed by atoms with E-state index in [9.17, 15) is 13.2 Å². The zero-order valence-corrected chi connectivity index (χ0v) is 12.3. The molecule has 1 rings (SSSR count). The van der Waals surface area contributed by atoms with E-state index >= 15 is 0 Å². The minimum absolute atomic E-state index is 0.0323. The number of amides is 1. The Morgan fingerprint density at radius 2 is 2.21 bits per heavy atom. The average Bonchev–Trinajstić information content (AvgIpc) is 2.38. The summed E-state index contributed by atoms with van der Waals surface area (Å²) < 4.78 is 25.9. The smallest absolute Gasteiger partial charge is 0.243 e. The van der Waals surface area contributed by atoms with Gasteiger partial charge in [-0.25, -0.2) is 13.4 Å². The maximum Gasteiger partial charge on any atom is 0.243 e. The molecule has 0 unspecified atom stereocenters. The zero-order chi connectivity index (χ0) is 14.5. The monoisotopic (exact) mass is 305 g/mol. The quantitative estimate of drug-likeness (QED) is 0.791. The van der Waals surface area contributed by atoms with Crippen LogP contribution in [0.1, 0.15) is 13.3 Å². The van der Waals surface area contributed by atoms with E-state index in [4.69, 9.17) is 11.6 Å². The van der Waals surface area contributed by atoms with E-state index in [0.717, 1.165) is 4.31 Å². The first-order chi connectivity index (χ1) is 8.91. The van der Waals surface area contributed by atoms with Gasteiger partial charge < -0.3 is 5.32 Å². The second-order valence-corrected chi connectivity index (χ2v) is 6.15. The number of nitrogens with zero attached hydrogens (tertiary/aromatic N) is 2. The van der Waals surface area contributed by atoms with Gasteiger partial charge >= 0.3 is 0 Å². The molecule has 106 valence electrons. The number of carbonyl (C=O) groups excluding carboxylic acids is 1. The molecule has 0 aliphatic rings. The van der Waals surface area contributed by atoms with Crippen molar-refractivity contribution in [1.29, 1.82) is 0 Å². The van der Waals surface area contributed by atoms with Gasteiger partial charge in [0.05, 0.1) is 11.4 Å². The van der Waals surface area contributed by atoms with Gasteiger partial charge in [-0.05, 0) is 18.6 Å².